The molecule has 0 aromatic heterocycles. The van der Waals surface area contributed by atoms with Crippen molar-refractivity contribution in [2.75, 3.05) is 12.4 Å². The Hall–Kier alpha value is -1.07. The van der Waals surface area contributed by atoms with E-state index >= 15 is 0 Å². The molecule has 94 valence electrons. The molecule has 3 N–H and O–H groups in total. The topological polar surface area (TPSA) is 64.3 Å². The zero-order valence-electron chi connectivity index (χ0n) is 10.2. The lowest BCUT2D eigenvalue weighted by Crippen LogP contribution is -2.39. The molecule has 0 aliphatic carbocycles. The van der Waals surface area contributed by atoms with Gasteiger partial charge in [0.05, 0.1) is 13.2 Å². The van der Waals surface area contributed by atoms with E-state index in [9.17, 15) is 4.79 Å². The predicted octanol–water partition coefficient (Wildman–Crippen LogP) is 2.38. The average molecular weight is 301 g/mol. The Bertz CT molecular complexity index is 407. The third kappa shape index (κ3) is 4.02. The largest absolute Gasteiger partial charge is 0.497 e. The van der Waals surface area contributed by atoms with E-state index in [2.05, 4.69) is 21.2 Å². The number of carbonyl (C=O) groups excluding carboxylic acids is 1. The minimum atomic E-state index is -0.514. The summed E-state index contributed by atoms with van der Waals surface area (Å²) in [5, 5.41) is 2.76. The van der Waals surface area contributed by atoms with Crippen molar-refractivity contribution in [3.63, 3.8) is 0 Å². The molecule has 0 aliphatic rings. The lowest BCUT2D eigenvalue weighted by Gasteiger charge is -2.15. The van der Waals surface area contributed by atoms with Gasteiger partial charge in [0.25, 0.3) is 0 Å². The molecule has 0 heterocycles. The summed E-state index contributed by atoms with van der Waals surface area (Å²) in [6.07, 6.45) is 0. The van der Waals surface area contributed by atoms with E-state index in [0.29, 0.717) is 11.4 Å². The van der Waals surface area contributed by atoms with Crippen LogP contribution in [0.15, 0.2) is 22.7 Å². The molecular weight excluding hydrogens is 284 g/mol. The molecule has 4 nitrogen and oxygen atoms in total. The van der Waals surface area contributed by atoms with Gasteiger partial charge in [-0.05, 0) is 18.1 Å². The van der Waals surface area contributed by atoms with Gasteiger partial charge in [0.15, 0.2) is 0 Å². The van der Waals surface area contributed by atoms with Gasteiger partial charge in [-0.25, -0.2) is 0 Å². The zero-order valence-corrected chi connectivity index (χ0v) is 11.7. The van der Waals surface area contributed by atoms with Gasteiger partial charge in [-0.1, -0.05) is 29.8 Å². The van der Waals surface area contributed by atoms with Crippen LogP contribution in [0.4, 0.5) is 5.69 Å². The summed E-state index contributed by atoms with van der Waals surface area (Å²) in [4.78, 5) is 11.8. The third-order valence-electron chi connectivity index (χ3n) is 2.40. The highest BCUT2D eigenvalue weighted by molar-refractivity contribution is 9.10. The highest BCUT2D eigenvalue weighted by Crippen LogP contribution is 2.24. The van der Waals surface area contributed by atoms with Crippen molar-refractivity contribution < 1.29 is 9.53 Å². The molecule has 0 aliphatic heterocycles. The molecule has 0 spiro atoms. The van der Waals surface area contributed by atoms with Crippen molar-refractivity contribution in [1.82, 2.24) is 0 Å². The van der Waals surface area contributed by atoms with Gasteiger partial charge < -0.3 is 15.8 Å². The minimum absolute atomic E-state index is 0.101. The van der Waals surface area contributed by atoms with Crippen LogP contribution in [0.2, 0.25) is 0 Å². The fourth-order valence-electron chi connectivity index (χ4n) is 1.28. The molecule has 0 fully saturated rings. The van der Waals surface area contributed by atoms with Crippen LogP contribution in [0.5, 0.6) is 5.75 Å². The van der Waals surface area contributed by atoms with Gasteiger partial charge in [0.1, 0.15) is 5.75 Å². The first kappa shape index (κ1) is 14.0. The van der Waals surface area contributed by atoms with Gasteiger partial charge in [-0.2, -0.15) is 0 Å². The number of hydrogen-bond donors (Lipinski definition) is 2. The molecule has 0 saturated heterocycles. The molecule has 0 saturated carbocycles. The number of anilines is 1. The lowest BCUT2D eigenvalue weighted by molar-refractivity contribution is -0.118. The van der Waals surface area contributed by atoms with Crippen LogP contribution in [-0.2, 0) is 4.79 Å². The molecule has 17 heavy (non-hydrogen) atoms. The number of halogens is 1. The van der Waals surface area contributed by atoms with Gasteiger partial charge in [0, 0.05) is 16.2 Å². The minimum Gasteiger partial charge on any atom is -0.497 e. The first-order chi connectivity index (χ1) is 7.93. The lowest BCUT2D eigenvalue weighted by atomic mass is 10.0. The molecule has 5 heteroatoms. The summed E-state index contributed by atoms with van der Waals surface area (Å²) < 4.78 is 5.95. The Morgan fingerprint density at radius 1 is 1.41 bits per heavy atom. The van der Waals surface area contributed by atoms with Gasteiger partial charge in [-0.3, -0.25) is 4.79 Å². The molecule has 1 aromatic carbocycles. The first-order valence-corrected chi connectivity index (χ1v) is 6.14. The van der Waals surface area contributed by atoms with Crippen molar-refractivity contribution in [2.24, 2.45) is 11.7 Å². The summed E-state index contributed by atoms with van der Waals surface area (Å²) in [6, 6.07) is 4.85. The van der Waals surface area contributed by atoms with Crippen molar-refractivity contribution in [3.8, 4) is 5.75 Å². The van der Waals surface area contributed by atoms with Crippen molar-refractivity contribution >= 4 is 27.5 Å². The van der Waals surface area contributed by atoms with Crippen LogP contribution < -0.4 is 15.8 Å². The highest BCUT2D eigenvalue weighted by atomic mass is 79.9. The van der Waals surface area contributed by atoms with Crippen LogP contribution in [0.1, 0.15) is 13.8 Å². The van der Waals surface area contributed by atoms with Crippen LogP contribution >= 0.6 is 15.9 Å². The summed E-state index contributed by atoms with van der Waals surface area (Å²) in [5.74, 6) is 0.581. The van der Waals surface area contributed by atoms with Crippen LogP contribution in [-0.4, -0.2) is 19.1 Å². The fraction of sp³-hybridized carbons (Fsp3) is 0.417. The second kappa shape index (κ2) is 6.02. The Kier molecular flexibility index (Phi) is 4.96. The van der Waals surface area contributed by atoms with Gasteiger partial charge in [-0.15, -0.1) is 0 Å². The van der Waals surface area contributed by atoms with Crippen molar-refractivity contribution in [3.05, 3.63) is 22.7 Å². The van der Waals surface area contributed by atoms with Crippen molar-refractivity contribution in [2.45, 2.75) is 19.9 Å². The number of rotatable bonds is 4. The average Bonchev–Trinajstić information content (AvgIpc) is 2.26. The standard InChI is InChI=1S/C12H17BrN2O2/c1-7(2)11(14)12(16)15-9-4-8(13)5-10(6-9)17-3/h4-7,11H,14H2,1-3H3,(H,15,16). The fourth-order valence-corrected chi connectivity index (χ4v) is 1.75. The van der Waals surface area contributed by atoms with Gasteiger partial charge in [0.2, 0.25) is 5.91 Å². The number of amides is 1. The number of carbonyl (C=O) groups is 1. The Labute approximate surface area is 110 Å². The van der Waals surface area contributed by atoms with E-state index in [1.807, 2.05) is 19.9 Å². The number of ether oxygens (including phenoxy) is 1. The summed E-state index contributed by atoms with van der Waals surface area (Å²) in [6.45, 7) is 3.82. The van der Waals surface area contributed by atoms with E-state index in [-0.39, 0.29) is 11.8 Å². The Morgan fingerprint density at radius 2 is 2.06 bits per heavy atom. The maximum Gasteiger partial charge on any atom is 0.241 e. The van der Waals surface area contributed by atoms with Crippen LogP contribution in [0.25, 0.3) is 0 Å². The van der Waals surface area contributed by atoms with Crippen LogP contribution in [0, 0.1) is 5.92 Å². The number of nitrogens with one attached hydrogen (secondary N) is 1. The predicted molar refractivity (Wildman–Crippen MR) is 72.1 cm³/mol. The van der Waals surface area contributed by atoms with Crippen LogP contribution in [0.3, 0.4) is 0 Å². The smallest absolute Gasteiger partial charge is 0.241 e. The number of methoxy groups -OCH3 is 1. The molecule has 1 atom stereocenters. The number of hydrogen-bond acceptors (Lipinski definition) is 3. The summed E-state index contributed by atoms with van der Waals surface area (Å²) in [7, 11) is 1.58. The SMILES string of the molecule is COc1cc(Br)cc(NC(=O)C(N)C(C)C)c1. The second-order valence-corrected chi connectivity index (χ2v) is 5.05. The Balaban J connectivity index is 2.81. The Morgan fingerprint density at radius 3 is 2.59 bits per heavy atom. The van der Waals surface area contributed by atoms with E-state index in [1.165, 1.54) is 0 Å². The molecule has 1 amide bonds. The highest BCUT2D eigenvalue weighted by Gasteiger charge is 2.17. The first-order valence-electron chi connectivity index (χ1n) is 5.35. The third-order valence-corrected chi connectivity index (χ3v) is 2.85. The second-order valence-electron chi connectivity index (χ2n) is 4.14. The zero-order chi connectivity index (χ0) is 13.0. The maximum absolute atomic E-state index is 11.8. The van der Waals surface area contributed by atoms with E-state index < -0.39 is 6.04 Å². The molecule has 1 aromatic rings. The molecule has 0 radical (unpaired) electrons. The van der Waals surface area contributed by atoms with E-state index in [4.69, 9.17) is 10.5 Å². The van der Waals surface area contributed by atoms with Gasteiger partial charge >= 0.3 is 0 Å². The monoisotopic (exact) mass is 300 g/mol. The van der Waals surface area contributed by atoms with E-state index in [1.54, 1.807) is 19.2 Å². The number of benzene rings is 1. The number of nitrogens with two attached hydrogens (primary N) is 1. The quantitative estimate of drug-likeness (QED) is 0.897. The summed E-state index contributed by atoms with van der Waals surface area (Å²) in [5.41, 5.74) is 6.43. The van der Waals surface area contributed by atoms with Crippen molar-refractivity contribution in [1.29, 1.82) is 0 Å². The molecular formula is C12H17BrN2O2. The molecule has 0 bridgehead atoms. The molecule has 1 unspecified atom stereocenters. The summed E-state index contributed by atoms with van der Waals surface area (Å²) >= 11 is 3.35. The molecule has 1 rings (SSSR count). The maximum atomic E-state index is 11.8. The normalized spacial score (nSPS) is 12.4. The van der Waals surface area contributed by atoms with E-state index in [0.717, 1.165) is 4.47 Å².